The third kappa shape index (κ3) is 1.94. The number of hydrogen-bond acceptors (Lipinski definition) is 3. The summed E-state index contributed by atoms with van der Waals surface area (Å²) < 4.78 is 0. The van der Waals surface area contributed by atoms with Gasteiger partial charge in [0, 0.05) is 23.8 Å². The van der Waals surface area contributed by atoms with E-state index < -0.39 is 0 Å². The monoisotopic (exact) mass is 185 g/mol. The Morgan fingerprint density at radius 3 is 2.75 bits per heavy atom. The number of halogens is 1. The maximum atomic E-state index is 5.86. The van der Waals surface area contributed by atoms with Gasteiger partial charge < -0.3 is 11.5 Å². The highest BCUT2D eigenvalue weighted by atomic mass is 35.5. The van der Waals surface area contributed by atoms with Crippen molar-refractivity contribution in [1.82, 2.24) is 4.98 Å². The molecule has 0 aliphatic carbocycles. The SMILES string of the molecule is Cc1ccc([C@@H](N)CN)c(Cl)n1. The number of nitrogens with two attached hydrogens (primary N) is 2. The van der Waals surface area contributed by atoms with Gasteiger partial charge in [0.15, 0.2) is 0 Å². The van der Waals surface area contributed by atoms with E-state index in [9.17, 15) is 0 Å². The summed E-state index contributed by atoms with van der Waals surface area (Å²) in [4.78, 5) is 4.07. The van der Waals surface area contributed by atoms with E-state index in [4.69, 9.17) is 23.1 Å². The molecule has 66 valence electrons. The first-order valence-corrected chi connectivity index (χ1v) is 4.11. The molecule has 0 saturated carbocycles. The molecule has 0 aliphatic rings. The Bertz CT molecular complexity index is 275. The van der Waals surface area contributed by atoms with Crippen molar-refractivity contribution in [2.24, 2.45) is 11.5 Å². The molecule has 4 N–H and O–H groups in total. The molecule has 0 bridgehead atoms. The molecule has 4 heteroatoms. The Hall–Kier alpha value is -0.640. The molecule has 1 aromatic rings. The second kappa shape index (κ2) is 3.85. The highest BCUT2D eigenvalue weighted by molar-refractivity contribution is 6.30. The number of aromatic nitrogens is 1. The lowest BCUT2D eigenvalue weighted by Crippen LogP contribution is -2.21. The van der Waals surface area contributed by atoms with Gasteiger partial charge in [-0.15, -0.1) is 0 Å². The zero-order valence-electron chi connectivity index (χ0n) is 6.92. The first kappa shape index (κ1) is 9.45. The zero-order valence-corrected chi connectivity index (χ0v) is 7.67. The molecule has 0 spiro atoms. The minimum atomic E-state index is -0.217. The third-order valence-electron chi connectivity index (χ3n) is 1.67. The van der Waals surface area contributed by atoms with Crippen LogP contribution in [0.4, 0.5) is 0 Å². The van der Waals surface area contributed by atoms with Crippen molar-refractivity contribution in [2.45, 2.75) is 13.0 Å². The summed E-state index contributed by atoms with van der Waals surface area (Å²) in [5, 5.41) is 0.452. The highest BCUT2D eigenvalue weighted by Gasteiger charge is 2.08. The average molecular weight is 186 g/mol. The standard InChI is InChI=1S/C8H12ClN3/c1-5-2-3-6(7(11)4-10)8(9)12-5/h2-3,7H,4,10-11H2,1H3/t7-/m0/s1. The van der Waals surface area contributed by atoms with Crippen molar-refractivity contribution in [2.75, 3.05) is 6.54 Å². The van der Waals surface area contributed by atoms with E-state index in [1.54, 1.807) is 0 Å². The molecule has 1 aromatic heterocycles. The quantitative estimate of drug-likeness (QED) is 0.676. The number of hydrogen-bond donors (Lipinski definition) is 2. The normalized spacial score (nSPS) is 13.0. The largest absolute Gasteiger partial charge is 0.329 e. The minimum absolute atomic E-state index is 0.217. The van der Waals surface area contributed by atoms with Crippen molar-refractivity contribution < 1.29 is 0 Å². The van der Waals surface area contributed by atoms with Crippen LogP contribution in [0.1, 0.15) is 17.3 Å². The fourth-order valence-electron chi connectivity index (χ4n) is 0.939. The second-order valence-electron chi connectivity index (χ2n) is 2.67. The molecule has 0 fully saturated rings. The van der Waals surface area contributed by atoms with Crippen LogP contribution in [-0.2, 0) is 0 Å². The molecule has 1 atom stereocenters. The lowest BCUT2D eigenvalue weighted by molar-refractivity contribution is 0.732. The van der Waals surface area contributed by atoms with E-state index >= 15 is 0 Å². The Kier molecular flexibility index (Phi) is 3.03. The van der Waals surface area contributed by atoms with E-state index in [-0.39, 0.29) is 6.04 Å². The van der Waals surface area contributed by atoms with Crippen LogP contribution in [0.5, 0.6) is 0 Å². The van der Waals surface area contributed by atoms with Gasteiger partial charge in [0.05, 0.1) is 0 Å². The first-order valence-electron chi connectivity index (χ1n) is 3.74. The Balaban J connectivity index is 3.01. The molecule has 0 unspecified atom stereocenters. The van der Waals surface area contributed by atoms with Gasteiger partial charge in [-0.3, -0.25) is 0 Å². The summed E-state index contributed by atoms with van der Waals surface area (Å²) in [7, 11) is 0. The summed E-state index contributed by atoms with van der Waals surface area (Å²) in [6.45, 7) is 2.26. The van der Waals surface area contributed by atoms with Crippen molar-refractivity contribution in [1.29, 1.82) is 0 Å². The molecule has 0 saturated heterocycles. The van der Waals surface area contributed by atoms with Crippen molar-refractivity contribution in [3.63, 3.8) is 0 Å². The predicted octanol–water partition coefficient (Wildman–Crippen LogP) is 1.00. The van der Waals surface area contributed by atoms with Crippen LogP contribution in [0.3, 0.4) is 0 Å². The summed E-state index contributed by atoms with van der Waals surface area (Å²) in [6.07, 6.45) is 0. The summed E-state index contributed by atoms with van der Waals surface area (Å²) >= 11 is 5.86. The highest BCUT2D eigenvalue weighted by Crippen LogP contribution is 2.18. The molecular weight excluding hydrogens is 174 g/mol. The van der Waals surface area contributed by atoms with Crippen molar-refractivity contribution in [3.05, 3.63) is 28.5 Å². The fourth-order valence-corrected chi connectivity index (χ4v) is 1.28. The molecule has 1 rings (SSSR count). The van der Waals surface area contributed by atoms with Gasteiger partial charge >= 0.3 is 0 Å². The smallest absolute Gasteiger partial charge is 0.134 e. The van der Waals surface area contributed by atoms with Crippen LogP contribution in [0.2, 0.25) is 5.15 Å². The van der Waals surface area contributed by atoms with Gasteiger partial charge in [-0.1, -0.05) is 17.7 Å². The Morgan fingerprint density at radius 1 is 1.58 bits per heavy atom. The molecule has 3 nitrogen and oxygen atoms in total. The topological polar surface area (TPSA) is 64.9 Å². The van der Waals surface area contributed by atoms with Gasteiger partial charge in [-0.25, -0.2) is 4.98 Å². The van der Waals surface area contributed by atoms with Crippen molar-refractivity contribution >= 4 is 11.6 Å². The molecule has 0 aromatic carbocycles. The lowest BCUT2D eigenvalue weighted by Gasteiger charge is -2.10. The first-order chi connectivity index (χ1) is 5.65. The van der Waals surface area contributed by atoms with Crippen LogP contribution >= 0.6 is 11.6 Å². The van der Waals surface area contributed by atoms with Crippen LogP contribution < -0.4 is 11.5 Å². The fraction of sp³-hybridized carbons (Fsp3) is 0.375. The Labute approximate surface area is 76.7 Å². The van der Waals surface area contributed by atoms with Gasteiger partial charge in [-0.2, -0.15) is 0 Å². The summed E-state index contributed by atoms with van der Waals surface area (Å²) in [6, 6.07) is 3.52. The molecule has 12 heavy (non-hydrogen) atoms. The summed E-state index contributed by atoms with van der Waals surface area (Å²) in [5.74, 6) is 0. The van der Waals surface area contributed by atoms with E-state index in [1.165, 1.54) is 0 Å². The van der Waals surface area contributed by atoms with E-state index in [0.717, 1.165) is 11.3 Å². The minimum Gasteiger partial charge on any atom is -0.329 e. The van der Waals surface area contributed by atoms with Crippen LogP contribution in [-0.4, -0.2) is 11.5 Å². The number of aryl methyl sites for hydroxylation is 1. The third-order valence-corrected chi connectivity index (χ3v) is 1.97. The van der Waals surface area contributed by atoms with E-state index in [0.29, 0.717) is 11.7 Å². The number of pyridine rings is 1. The lowest BCUT2D eigenvalue weighted by atomic mass is 10.1. The average Bonchev–Trinajstić information content (AvgIpc) is 2.03. The molecule has 0 amide bonds. The van der Waals surface area contributed by atoms with Gasteiger partial charge in [0.25, 0.3) is 0 Å². The summed E-state index contributed by atoms with van der Waals surface area (Å²) in [5.41, 5.74) is 12.8. The van der Waals surface area contributed by atoms with E-state index in [2.05, 4.69) is 4.98 Å². The maximum Gasteiger partial charge on any atom is 0.134 e. The Morgan fingerprint density at radius 2 is 2.25 bits per heavy atom. The molecule has 0 aliphatic heterocycles. The molecular formula is C8H12ClN3. The predicted molar refractivity (Wildman–Crippen MR) is 50.0 cm³/mol. The maximum absolute atomic E-state index is 5.86. The van der Waals surface area contributed by atoms with Gasteiger partial charge in [0.2, 0.25) is 0 Å². The van der Waals surface area contributed by atoms with Crippen LogP contribution in [0.25, 0.3) is 0 Å². The second-order valence-corrected chi connectivity index (χ2v) is 3.03. The number of nitrogens with zero attached hydrogens (tertiary/aromatic N) is 1. The van der Waals surface area contributed by atoms with Crippen LogP contribution in [0, 0.1) is 6.92 Å². The molecule has 0 radical (unpaired) electrons. The van der Waals surface area contributed by atoms with E-state index in [1.807, 2.05) is 19.1 Å². The van der Waals surface area contributed by atoms with Gasteiger partial charge in [0.1, 0.15) is 5.15 Å². The van der Waals surface area contributed by atoms with Crippen LogP contribution in [0.15, 0.2) is 12.1 Å². The number of rotatable bonds is 2. The van der Waals surface area contributed by atoms with Gasteiger partial charge in [-0.05, 0) is 13.0 Å². The molecule has 1 heterocycles. The zero-order chi connectivity index (χ0) is 9.14. The van der Waals surface area contributed by atoms with Crippen molar-refractivity contribution in [3.8, 4) is 0 Å².